The first-order chi connectivity index (χ1) is 7.54. The quantitative estimate of drug-likeness (QED) is 0.717. The van der Waals surface area contributed by atoms with E-state index in [-0.39, 0.29) is 11.9 Å². The second-order valence-electron chi connectivity index (χ2n) is 3.82. The molecular weight excluding hydrogens is 206 g/mol. The molecule has 1 rings (SSSR count). The molecule has 0 aliphatic carbocycles. The van der Waals surface area contributed by atoms with Crippen LogP contribution in [0.15, 0.2) is 18.5 Å². The van der Waals surface area contributed by atoms with E-state index in [0.717, 1.165) is 0 Å². The summed E-state index contributed by atoms with van der Waals surface area (Å²) < 4.78 is 10.4. The van der Waals surface area contributed by atoms with Gasteiger partial charge in [-0.2, -0.15) is 0 Å². The molecule has 4 heteroatoms. The number of carbonyl (C=O) groups is 1. The highest BCUT2D eigenvalue weighted by molar-refractivity contribution is 5.99. The van der Waals surface area contributed by atoms with E-state index in [9.17, 15) is 4.79 Å². The van der Waals surface area contributed by atoms with Crippen LogP contribution in [0.2, 0.25) is 0 Å². The van der Waals surface area contributed by atoms with Gasteiger partial charge in [0.15, 0.2) is 5.78 Å². The molecule has 0 saturated heterocycles. The van der Waals surface area contributed by atoms with E-state index in [1.807, 2.05) is 13.8 Å². The lowest BCUT2D eigenvalue weighted by atomic mass is 10.1. The fraction of sp³-hybridized carbons (Fsp3) is 0.500. The van der Waals surface area contributed by atoms with Crippen molar-refractivity contribution in [3.63, 3.8) is 0 Å². The van der Waals surface area contributed by atoms with Crippen LogP contribution in [0.1, 0.15) is 31.1 Å². The lowest BCUT2D eigenvalue weighted by molar-refractivity contribution is 0.0654. The first kappa shape index (κ1) is 12.6. The van der Waals surface area contributed by atoms with Crippen LogP contribution in [-0.2, 0) is 4.74 Å². The second-order valence-corrected chi connectivity index (χ2v) is 3.82. The molecule has 0 amide bonds. The topological polar surface area (TPSA) is 48.4 Å². The normalized spacial score (nSPS) is 12.6. The molecule has 0 bridgehead atoms. The minimum Gasteiger partial charge on any atom is -0.489 e. The second kappa shape index (κ2) is 5.61. The van der Waals surface area contributed by atoms with Crippen molar-refractivity contribution in [2.75, 3.05) is 7.11 Å². The molecule has 0 aromatic carbocycles. The molecule has 0 spiro atoms. The highest BCUT2D eigenvalue weighted by atomic mass is 16.5. The fourth-order valence-corrected chi connectivity index (χ4v) is 1.23. The molecule has 1 atom stereocenters. The van der Waals surface area contributed by atoms with Gasteiger partial charge in [-0.1, -0.05) is 0 Å². The highest BCUT2D eigenvalue weighted by Gasteiger charge is 2.15. The molecule has 0 N–H and O–H groups in total. The van der Waals surface area contributed by atoms with Crippen molar-refractivity contribution in [2.45, 2.75) is 33.0 Å². The summed E-state index contributed by atoms with van der Waals surface area (Å²) >= 11 is 0. The predicted octanol–water partition coefficient (Wildman–Crippen LogP) is 2.09. The number of carbonyl (C=O) groups excluding carboxylic acids is 1. The van der Waals surface area contributed by atoms with Crippen molar-refractivity contribution in [3.05, 3.63) is 24.0 Å². The van der Waals surface area contributed by atoms with Gasteiger partial charge in [0.1, 0.15) is 11.9 Å². The maximum atomic E-state index is 11.8. The Bertz CT molecular complexity index is 363. The number of aromatic nitrogens is 1. The number of hydrogen-bond donors (Lipinski definition) is 0. The van der Waals surface area contributed by atoms with Crippen LogP contribution < -0.4 is 4.74 Å². The number of Topliss-reactive ketones (excluding diaryl/α,β-unsaturated/α-hetero) is 1. The van der Waals surface area contributed by atoms with Gasteiger partial charge >= 0.3 is 0 Å². The first-order valence-corrected chi connectivity index (χ1v) is 5.23. The number of ketones is 1. The number of pyridine rings is 1. The molecule has 1 aromatic rings. The summed E-state index contributed by atoms with van der Waals surface area (Å²) in [5, 5.41) is 0. The molecule has 88 valence electrons. The molecule has 4 nitrogen and oxygen atoms in total. The smallest absolute Gasteiger partial charge is 0.192 e. The molecule has 0 fully saturated rings. The summed E-state index contributed by atoms with van der Waals surface area (Å²) in [5.41, 5.74) is 0.507. The summed E-state index contributed by atoms with van der Waals surface area (Å²) in [7, 11) is 1.50. The van der Waals surface area contributed by atoms with Crippen molar-refractivity contribution in [1.82, 2.24) is 4.98 Å². The van der Waals surface area contributed by atoms with Crippen LogP contribution in [0.5, 0.6) is 5.75 Å². The van der Waals surface area contributed by atoms with Gasteiger partial charge in [0, 0.05) is 18.9 Å². The maximum Gasteiger partial charge on any atom is 0.192 e. The Morgan fingerprint density at radius 3 is 2.56 bits per heavy atom. The number of rotatable bonds is 5. The third kappa shape index (κ3) is 3.31. The van der Waals surface area contributed by atoms with Crippen molar-refractivity contribution in [1.29, 1.82) is 0 Å². The van der Waals surface area contributed by atoms with Crippen molar-refractivity contribution < 1.29 is 14.3 Å². The van der Waals surface area contributed by atoms with Gasteiger partial charge in [-0.15, -0.1) is 0 Å². The van der Waals surface area contributed by atoms with Gasteiger partial charge in [0.2, 0.25) is 0 Å². The molecule has 0 radical (unpaired) electrons. The molecule has 1 heterocycles. The van der Waals surface area contributed by atoms with Crippen LogP contribution in [0.25, 0.3) is 0 Å². The third-order valence-corrected chi connectivity index (χ3v) is 2.09. The Hall–Kier alpha value is -1.42. The van der Waals surface area contributed by atoms with Gasteiger partial charge in [-0.05, 0) is 26.8 Å². The van der Waals surface area contributed by atoms with E-state index in [4.69, 9.17) is 9.47 Å². The van der Waals surface area contributed by atoms with E-state index >= 15 is 0 Å². The van der Waals surface area contributed by atoms with Crippen molar-refractivity contribution in [2.24, 2.45) is 0 Å². The lowest BCUT2D eigenvalue weighted by Gasteiger charge is -2.11. The Labute approximate surface area is 95.6 Å². The van der Waals surface area contributed by atoms with Crippen LogP contribution in [0, 0.1) is 0 Å². The van der Waals surface area contributed by atoms with Crippen LogP contribution >= 0.6 is 0 Å². The lowest BCUT2D eigenvalue weighted by Crippen LogP contribution is -2.19. The third-order valence-electron chi connectivity index (χ3n) is 2.09. The van der Waals surface area contributed by atoms with Crippen molar-refractivity contribution in [3.8, 4) is 5.75 Å². The Balaban J connectivity index is 2.85. The zero-order valence-electron chi connectivity index (χ0n) is 10.1. The summed E-state index contributed by atoms with van der Waals surface area (Å²) in [4.78, 5) is 15.8. The maximum absolute atomic E-state index is 11.8. The average molecular weight is 223 g/mol. The Kier molecular flexibility index (Phi) is 4.43. The number of nitrogens with zero attached hydrogens (tertiary/aromatic N) is 1. The van der Waals surface area contributed by atoms with Crippen LogP contribution in [0.4, 0.5) is 0 Å². The first-order valence-electron chi connectivity index (χ1n) is 5.23. The molecule has 0 aliphatic rings. The van der Waals surface area contributed by atoms with Gasteiger partial charge in [0.25, 0.3) is 0 Å². The summed E-state index contributed by atoms with van der Waals surface area (Å²) in [6.45, 7) is 5.55. The Morgan fingerprint density at radius 1 is 1.31 bits per heavy atom. The number of hydrogen-bond acceptors (Lipinski definition) is 4. The molecule has 1 unspecified atom stereocenters. The summed E-state index contributed by atoms with van der Waals surface area (Å²) in [6.07, 6.45) is 2.71. The molecule has 16 heavy (non-hydrogen) atoms. The van der Waals surface area contributed by atoms with Gasteiger partial charge in [-0.25, -0.2) is 0 Å². The molecular formula is C12H17NO3. The van der Waals surface area contributed by atoms with E-state index in [0.29, 0.717) is 11.3 Å². The summed E-state index contributed by atoms with van der Waals surface area (Å²) in [5.74, 6) is 0.508. The SMILES string of the molecule is COC(C)C(=O)c1cncc(OC(C)C)c1. The Morgan fingerprint density at radius 2 is 2.00 bits per heavy atom. The van der Waals surface area contributed by atoms with E-state index in [1.54, 1.807) is 19.2 Å². The largest absolute Gasteiger partial charge is 0.489 e. The number of ether oxygens (including phenoxy) is 2. The standard InChI is InChI=1S/C12H17NO3/c1-8(2)16-11-5-10(6-13-7-11)12(14)9(3)15-4/h5-9H,1-4H3. The molecule has 0 saturated carbocycles. The zero-order chi connectivity index (χ0) is 12.1. The molecule has 1 aromatic heterocycles. The van der Waals surface area contributed by atoms with Crippen molar-refractivity contribution >= 4 is 5.78 Å². The minimum absolute atomic E-state index is 0.0620. The van der Waals surface area contributed by atoms with Crippen LogP contribution in [-0.4, -0.2) is 30.1 Å². The monoisotopic (exact) mass is 223 g/mol. The highest BCUT2D eigenvalue weighted by Crippen LogP contribution is 2.14. The zero-order valence-corrected chi connectivity index (χ0v) is 10.1. The van der Waals surface area contributed by atoms with Gasteiger partial charge in [0.05, 0.1) is 12.3 Å². The predicted molar refractivity (Wildman–Crippen MR) is 60.8 cm³/mol. The van der Waals surface area contributed by atoms with Crippen LogP contribution in [0.3, 0.4) is 0 Å². The van der Waals surface area contributed by atoms with Gasteiger partial charge in [-0.3, -0.25) is 9.78 Å². The van der Waals surface area contributed by atoms with E-state index in [2.05, 4.69) is 4.98 Å². The van der Waals surface area contributed by atoms with E-state index in [1.165, 1.54) is 13.3 Å². The minimum atomic E-state index is -0.462. The molecule has 0 aliphatic heterocycles. The van der Waals surface area contributed by atoms with Gasteiger partial charge < -0.3 is 9.47 Å². The van der Waals surface area contributed by atoms with E-state index < -0.39 is 6.10 Å². The number of methoxy groups -OCH3 is 1. The summed E-state index contributed by atoms with van der Waals surface area (Å²) in [6, 6.07) is 1.69. The fourth-order valence-electron chi connectivity index (χ4n) is 1.23. The average Bonchev–Trinajstić information content (AvgIpc) is 2.26.